The molecule has 4 rings (SSSR count). The van der Waals surface area contributed by atoms with E-state index in [0.717, 1.165) is 43.3 Å². The maximum absolute atomic E-state index is 13.0. The van der Waals surface area contributed by atoms with E-state index in [4.69, 9.17) is 11.6 Å². The number of carbonyl (C=O) groups excluding carboxylic acids is 1. The van der Waals surface area contributed by atoms with E-state index >= 15 is 0 Å². The number of nitrogens with one attached hydrogen (secondary N) is 1. The van der Waals surface area contributed by atoms with E-state index in [1.165, 1.54) is 11.1 Å². The summed E-state index contributed by atoms with van der Waals surface area (Å²) in [4.78, 5) is 13.0. The Balaban J connectivity index is 1.64. The normalized spacial score (nSPS) is 21.2. The maximum atomic E-state index is 13.0. The van der Waals surface area contributed by atoms with Gasteiger partial charge in [0.2, 0.25) is 5.91 Å². The summed E-state index contributed by atoms with van der Waals surface area (Å²) in [6.07, 6.45) is 1.40. The Morgan fingerprint density at radius 3 is 2.52 bits per heavy atom. The number of hydrogen-bond donors (Lipinski definition) is 1. The minimum atomic E-state index is 0.194. The van der Waals surface area contributed by atoms with E-state index in [1.54, 1.807) is 0 Å². The number of benzene rings is 2. The van der Waals surface area contributed by atoms with Crippen LogP contribution >= 0.6 is 11.6 Å². The molecule has 2 aliphatic rings. The summed E-state index contributed by atoms with van der Waals surface area (Å²) in [5.41, 5.74) is 3.52. The van der Waals surface area contributed by atoms with Crippen LogP contribution < -0.4 is 10.3 Å². The second-order valence-electron chi connectivity index (χ2n) is 6.70. The van der Waals surface area contributed by atoms with Crippen molar-refractivity contribution in [2.24, 2.45) is 0 Å². The third-order valence-corrected chi connectivity index (χ3v) is 5.29. The molecule has 2 aromatic rings. The quantitative estimate of drug-likeness (QED) is 0.918. The van der Waals surface area contributed by atoms with Crippen LogP contribution in [0.3, 0.4) is 0 Å². The molecular weight excluding hydrogens is 334 g/mol. The summed E-state index contributed by atoms with van der Waals surface area (Å²) in [6, 6.07) is 16.3. The lowest BCUT2D eigenvalue weighted by molar-refractivity contribution is -0.122. The van der Waals surface area contributed by atoms with Gasteiger partial charge >= 0.3 is 0 Å². The lowest BCUT2D eigenvalue weighted by atomic mass is 9.85. The van der Waals surface area contributed by atoms with Crippen molar-refractivity contribution >= 4 is 23.2 Å². The number of rotatable bonds is 3. The van der Waals surface area contributed by atoms with Gasteiger partial charge < -0.3 is 5.32 Å². The third-order valence-electron chi connectivity index (χ3n) is 5.03. The third kappa shape index (κ3) is 3.43. The van der Waals surface area contributed by atoms with Crippen molar-refractivity contribution in [2.45, 2.75) is 18.8 Å². The number of amides is 1. The zero-order valence-corrected chi connectivity index (χ0v) is 14.9. The molecule has 0 saturated carbocycles. The number of para-hydroxylation sites is 1. The fourth-order valence-corrected chi connectivity index (χ4v) is 3.94. The molecule has 1 amide bonds. The van der Waals surface area contributed by atoms with Gasteiger partial charge in [-0.3, -0.25) is 4.79 Å². The number of carbonyl (C=O) groups is 1. The van der Waals surface area contributed by atoms with Gasteiger partial charge in [0.1, 0.15) is 0 Å². The molecule has 2 heterocycles. The highest BCUT2D eigenvalue weighted by atomic mass is 35.5. The topological polar surface area (TPSA) is 35.6 Å². The van der Waals surface area contributed by atoms with Gasteiger partial charge in [0.15, 0.2) is 0 Å². The molecule has 0 aromatic heterocycles. The Labute approximate surface area is 153 Å². The highest BCUT2D eigenvalue weighted by molar-refractivity contribution is 6.30. The van der Waals surface area contributed by atoms with Crippen LogP contribution in [0.25, 0.3) is 0 Å². The number of fused-ring (bicyclic) bond motifs is 1. The number of anilines is 1. The van der Waals surface area contributed by atoms with Crippen LogP contribution in [0.2, 0.25) is 5.02 Å². The Morgan fingerprint density at radius 1 is 1.04 bits per heavy atom. The monoisotopic (exact) mass is 355 g/mol. The molecule has 2 aromatic carbocycles. The second kappa shape index (κ2) is 7.16. The van der Waals surface area contributed by atoms with Gasteiger partial charge in [0.25, 0.3) is 0 Å². The van der Waals surface area contributed by atoms with Crippen LogP contribution in [0.15, 0.2) is 48.5 Å². The summed E-state index contributed by atoms with van der Waals surface area (Å²) >= 11 is 5.99. The molecule has 1 N–H and O–H groups in total. The van der Waals surface area contributed by atoms with Crippen molar-refractivity contribution in [3.63, 3.8) is 0 Å². The molecule has 5 heteroatoms. The van der Waals surface area contributed by atoms with Crippen molar-refractivity contribution in [1.29, 1.82) is 0 Å². The average Bonchev–Trinajstić information content (AvgIpc) is 2.64. The molecule has 25 heavy (non-hydrogen) atoms. The lowest BCUT2D eigenvalue weighted by Crippen LogP contribution is -2.56. The number of piperazine rings is 1. The van der Waals surface area contributed by atoms with Gasteiger partial charge in [-0.25, -0.2) is 10.0 Å². The summed E-state index contributed by atoms with van der Waals surface area (Å²) in [5, 5.41) is 8.18. The van der Waals surface area contributed by atoms with Crippen LogP contribution in [0, 0.1) is 0 Å². The van der Waals surface area contributed by atoms with Gasteiger partial charge in [-0.05, 0) is 41.7 Å². The van der Waals surface area contributed by atoms with E-state index < -0.39 is 0 Å². The van der Waals surface area contributed by atoms with E-state index in [-0.39, 0.29) is 11.8 Å². The molecule has 2 aliphatic heterocycles. The average molecular weight is 356 g/mol. The molecule has 0 aliphatic carbocycles. The van der Waals surface area contributed by atoms with Crippen LogP contribution in [0.1, 0.15) is 23.5 Å². The van der Waals surface area contributed by atoms with Gasteiger partial charge in [-0.15, -0.1) is 0 Å². The minimum absolute atomic E-state index is 0.194. The van der Waals surface area contributed by atoms with Crippen molar-refractivity contribution in [2.75, 3.05) is 31.2 Å². The number of hydrogen-bond acceptors (Lipinski definition) is 3. The minimum Gasteiger partial charge on any atom is -0.314 e. The summed E-state index contributed by atoms with van der Waals surface area (Å²) in [5.74, 6) is 0.406. The molecular formula is C20H22ClN3O. The molecule has 0 spiro atoms. The van der Waals surface area contributed by atoms with Gasteiger partial charge in [0.05, 0.1) is 5.69 Å². The molecule has 4 nitrogen and oxygen atoms in total. The predicted molar refractivity (Wildman–Crippen MR) is 101 cm³/mol. The van der Waals surface area contributed by atoms with Crippen molar-refractivity contribution in [3.8, 4) is 0 Å². The molecule has 0 radical (unpaired) electrons. The first-order valence-electron chi connectivity index (χ1n) is 8.84. The second-order valence-corrected chi connectivity index (χ2v) is 7.14. The van der Waals surface area contributed by atoms with Crippen molar-refractivity contribution in [1.82, 2.24) is 10.3 Å². The first kappa shape index (κ1) is 16.6. The van der Waals surface area contributed by atoms with Crippen LogP contribution in [0.4, 0.5) is 5.69 Å². The first-order valence-corrected chi connectivity index (χ1v) is 9.22. The fourth-order valence-electron chi connectivity index (χ4n) is 3.82. The number of nitrogens with zero attached hydrogens (tertiary/aromatic N) is 2. The van der Waals surface area contributed by atoms with Crippen LogP contribution in [-0.2, 0) is 11.2 Å². The Hall–Kier alpha value is -1.88. The largest absolute Gasteiger partial charge is 0.314 e. The van der Waals surface area contributed by atoms with Gasteiger partial charge in [0, 0.05) is 37.6 Å². The summed E-state index contributed by atoms with van der Waals surface area (Å²) in [6.45, 7) is 3.56. The fraction of sp³-hybridized carbons (Fsp3) is 0.350. The molecule has 0 bridgehead atoms. The van der Waals surface area contributed by atoms with Crippen LogP contribution in [-0.4, -0.2) is 37.1 Å². The maximum Gasteiger partial charge on any atom is 0.242 e. The Kier molecular flexibility index (Phi) is 4.75. The van der Waals surface area contributed by atoms with Gasteiger partial charge in [-0.2, -0.15) is 0 Å². The molecule has 1 unspecified atom stereocenters. The van der Waals surface area contributed by atoms with Crippen molar-refractivity contribution < 1.29 is 4.79 Å². The molecule has 1 fully saturated rings. The van der Waals surface area contributed by atoms with Crippen molar-refractivity contribution in [3.05, 3.63) is 64.7 Å². The standard InChI is InChI=1S/C20H22ClN3O/c21-17-7-5-15(6-8-17)13-16-14-20(25)24(23-11-9-22-10-12-23)19-4-2-1-3-18(16)19/h1-8,16,22H,9-14H2. The number of hydrazine groups is 1. The Bertz CT molecular complexity index is 756. The van der Waals surface area contributed by atoms with E-state index in [1.807, 2.05) is 23.2 Å². The SMILES string of the molecule is O=C1CC(Cc2ccc(Cl)cc2)c2ccccc2N1N1CCNCC1. The molecule has 1 saturated heterocycles. The molecule has 130 valence electrons. The lowest BCUT2D eigenvalue weighted by Gasteiger charge is -2.42. The van der Waals surface area contributed by atoms with Gasteiger partial charge in [-0.1, -0.05) is 41.9 Å². The predicted octanol–water partition coefficient (Wildman–Crippen LogP) is 3.22. The first-order chi connectivity index (χ1) is 12.2. The van der Waals surface area contributed by atoms with E-state index in [2.05, 4.69) is 40.7 Å². The Morgan fingerprint density at radius 2 is 1.76 bits per heavy atom. The zero-order valence-electron chi connectivity index (χ0n) is 14.1. The van der Waals surface area contributed by atoms with Crippen LogP contribution in [0.5, 0.6) is 0 Å². The zero-order chi connectivity index (χ0) is 17.2. The molecule has 1 atom stereocenters. The number of halogens is 1. The highest BCUT2D eigenvalue weighted by Gasteiger charge is 2.34. The summed E-state index contributed by atoms with van der Waals surface area (Å²) < 4.78 is 0. The highest BCUT2D eigenvalue weighted by Crippen LogP contribution is 2.38. The smallest absolute Gasteiger partial charge is 0.242 e. The van der Waals surface area contributed by atoms with E-state index in [9.17, 15) is 4.79 Å². The summed E-state index contributed by atoms with van der Waals surface area (Å²) in [7, 11) is 0. The van der Waals surface area contributed by atoms with E-state index in [0.29, 0.717) is 6.42 Å².